The van der Waals surface area contributed by atoms with Gasteiger partial charge in [0.25, 0.3) is 23.6 Å². The van der Waals surface area contributed by atoms with E-state index in [4.69, 9.17) is 112 Å². The SMILES string of the molecule is CCCN.CCCNCC(=O)CC12CC(NC(=O)COc3ccc(Cl)cc3)(C1)C2.CCCNCC(=O)CC12CC(NC(=O)COc3ccc(Cl)cc3)(C1)C2.Cl.NC12CC(NC(=O)COc3ccc(Cl)cc3)(C1)C2.O=C(CCl)CC12CC(NC(=O)COc3ccc(Cl)cc3)(C1)C2.O=C(Cl)CCl. The predicted octanol–water partition coefficient (Wildman–Crippen LogP) is 11.6. The van der Waals surface area contributed by atoms with Crippen LogP contribution in [0.2, 0.25) is 20.1 Å². The van der Waals surface area contributed by atoms with E-state index in [0.29, 0.717) is 75.4 Å². The molecule has 0 unspecified atom stereocenters. The van der Waals surface area contributed by atoms with Crippen LogP contribution in [-0.4, -0.2) is 145 Å². The maximum atomic E-state index is 12.1. The van der Waals surface area contributed by atoms with E-state index in [1.807, 2.05) is 0 Å². The molecule has 0 aliphatic heterocycles. The number of amides is 4. The average Bonchev–Trinajstić information content (AvgIpc) is 0.706. The molecule has 16 rings (SSSR count). The normalized spacial score (nSPS) is 25.8. The lowest BCUT2D eigenvalue weighted by atomic mass is 9.38. The van der Waals surface area contributed by atoms with E-state index < -0.39 is 5.24 Å². The van der Waals surface area contributed by atoms with Crippen LogP contribution < -0.4 is 62.3 Å². The largest absolute Gasteiger partial charge is 0.484 e. The number of ether oxygens (including phenoxy) is 4. The van der Waals surface area contributed by atoms with Gasteiger partial charge in [0.05, 0.1) is 24.8 Å². The standard InChI is InChI=1S/2C19H25ClN2O3.C16H17Cl2NO3.C13H15ClN2O2.C3H9N.C2H2Cl2O.ClH/c2*1-2-7-21-9-15(23)8-18-11-19(12-18,13-18)22-17(24)10-25-16-5-3-14(20)4-6-16;17-6-12(20)5-15-8-16(9-15,10-15)19-14(21)7-22-13-3-1-11(18)2-4-13;14-9-1-3-10(4-2-9)18-5-11(17)16-13-6-12(15,7-13)8-13;1-2-3-4;3-1-2(4)5;/h2*3-6,21H,2,7-13H2,1H3,(H,22,24);1-4H,5-10H2,(H,19,21);1-4H,5-8,15H2,(H,16,17);2-4H2,1H3;1H2;1H. The molecule has 4 aromatic rings. The van der Waals surface area contributed by atoms with Gasteiger partial charge >= 0.3 is 0 Å². The van der Waals surface area contributed by atoms with Gasteiger partial charge in [-0.3, -0.25) is 38.4 Å². The molecule has 0 aromatic heterocycles. The summed E-state index contributed by atoms with van der Waals surface area (Å²) >= 11 is 38.3. The van der Waals surface area contributed by atoms with Gasteiger partial charge in [0.1, 0.15) is 40.3 Å². The van der Waals surface area contributed by atoms with Gasteiger partial charge < -0.3 is 62.3 Å². The zero-order valence-corrected chi connectivity index (χ0v) is 63.0. The van der Waals surface area contributed by atoms with Crippen LogP contribution in [0.3, 0.4) is 0 Å². The van der Waals surface area contributed by atoms with Crippen LogP contribution in [0.4, 0.5) is 0 Å². The molecule has 20 nitrogen and oxygen atoms in total. The first-order valence-electron chi connectivity index (χ1n) is 33.5. The molecule has 12 fully saturated rings. The van der Waals surface area contributed by atoms with Gasteiger partial charge in [-0.05, 0) is 241 Å². The van der Waals surface area contributed by atoms with E-state index >= 15 is 0 Å². The van der Waals surface area contributed by atoms with Crippen LogP contribution in [0.1, 0.15) is 136 Å². The molecule has 0 atom stereocenters. The predicted molar refractivity (Wildman–Crippen MR) is 395 cm³/mol. The summed E-state index contributed by atoms with van der Waals surface area (Å²) < 4.78 is 21.7. The molecule has 4 amide bonds. The first-order chi connectivity index (χ1) is 47.0. The van der Waals surface area contributed by atoms with Gasteiger partial charge in [0.2, 0.25) is 5.24 Å². The number of benzene rings is 4. The molecule has 12 saturated carbocycles. The number of nitrogens with two attached hydrogens (primary N) is 2. The second kappa shape index (κ2) is 38.0. The minimum absolute atomic E-state index is 0. The number of nitrogens with one attached hydrogen (secondary N) is 6. The number of carbonyl (C=O) groups excluding carboxylic acids is 8. The first kappa shape index (κ1) is 83.7. The maximum absolute atomic E-state index is 12.1. The molecule has 0 radical (unpaired) electrons. The average molecular weight is 1550 g/mol. The molecule has 100 heavy (non-hydrogen) atoms. The van der Waals surface area contributed by atoms with Gasteiger partial charge in [0.15, 0.2) is 26.4 Å². The van der Waals surface area contributed by atoms with Crippen molar-refractivity contribution in [3.05, 3.63) is 117 Å². The third-order valence-corrected chi connectivity index (χ3v) is 20.4. The Morgan fingerprint density at radius 2 is 0.630 bits per heavy atom. The molecule has 8 bridgehead atoms. The van der Waals surface area contributed by atoms with E-state index in [0.717, 1.165) is 116 Å². The van der Waals surface area contributed by atoms with Crippen molar-refractivity contribution < 1.29 is 57.3 Å². The summed E-state index contributed by atoms with van der Waals surface area (Å²) in [7, 11) is 0. The third-order valence-electron chi connectivity index (χ3n) is 18.6. The number of carbonyl (C=O) groups is 8. The molecule has 550 valence electrons. The van der Waals surface area contributed by atoms with Crippen LogP contribution in [0.15, 0.2) is 97.1 Å². The van der Waals surface area contributed by atoms with Crippen molar-refractivity contribution in [3.8, 4) is 23.0 Å². The Balaban J connectivity index is 0.000000202. The van der Waals surface area contributed by atoms with Crippen molar-refractivity contribution in [2.45, 2.75) is 164 Å². The number of alkyl halides is 2. The minimum Gasteiger partial charge on any atom is -0.484 e. The Morgan fingerprint density at radius 3 is 0.830 bits per heavy atom. The number of hydrogen-bond donors (Lipinski definition) is 8. The Kier molecular flexibility index (Phi) is 31.8. The Hall–Kier alpha value is -5.20. The first-order valence-corrected chi connectivity index (χ1v) is 36.5. The van der Waals surface area contributed by atoms with Crippen molar-refractivity contribution in [2.24, 2.45) is 27.7 Å². The monoisotopic (exact) mass is 1540 g/mol. The van der Waals surface area contributed by atoms with Crippen molar-refractivity contribution in [1.82, 2.24) is 31.9 Å². The number of halogens is 8. The van der Waals surface area contributed by atoms with Crippen LogP contribution >= 0.6 is 93.6 Å². The third kappa shape index (κ3) is 25.0. The van der Waals surface area contributed by atoms with Crippen LogP contribution in [-0.2, 0) is 38.4 Å². The van der Waals surface area contributed by atoms with Crippen LogP contribution in [0, 0.1) is 16.2 Å². The summed E-state index contributed by atoms with van der Waals surface area (Å²) in [5.74, 6) is 2.68. The van der Waals surface area contributed by atoms with Gasteiger partial charge in [-0.25, -0.2) is 0 Å². The summed E-state index contributed by atoms with van der Waals surface area (Å²) in [6, 6.07) is 27.7. The maximum Gasteiger partial charge on any atom is 0.258 e. The van der Waals surface area contributed by atoms with Gasteiger partial charge in [-0.1, -0.05) is 67.2 Å². The highest BCUT2D eigenvalue weighted by molar-refractivity contribution is 6.67. The molecule has 0 heterocycles. The zero-order valence-electron chi connectivity index (χ0n) is 56.9. The molecule has 4 aromatic carbocycles. The summed E-state index contributed by atoms with van der Waals surface area (Å²) in [6.45, 7) is 9.74. The van der Waals surface area contributed by atoms with E-state index in [9.17, 15) is 38.4 Å². The molecule has 12 aliphatic carbocycles. The van der Waals surface area contributed by atoms with Gasteiger partial charge in [0, 0.05) is 67.0 Å². The Morgan fingerprint density at radius 1 is 0.400 bits per heavy atom. The smallest absolute Gasteiger partial charge is 0.258 e. The summed E-state index contributed by atoms with van der Waals surface area (Å²) in [6.07, 6.45) is 15.7. The fourth-order valence-corrected chi connectivity index (χ4v) is 15.8. The molecular formula is C72H94Cl8N8O12. The van der Waals surface area contributed by atoms with E-state index in [1.165, 1.54) is 0 Å². The minimum atomic E-state index is -0.508. The lowest BCUT2D eigenvalue weighted by molar-refractivity contribution is -0.174. The number of ketones is 3. The fraction of sp³-hybridized carbons (Fsp3) is 0.556. The quantitative estimate of drug-likeness (QED) is 0.0125. The topological polar surface area (TPSA) is 298 Å². The van der Waals surface area contributed by atoms with E-state index in [1.54, 1.807) is 97.1 Å². The van der Waals surface area contributed by atoms with Crippen molar-refractivity contribution in [1.29, 1.82) is 0 Å². The van der Waals surface area contributed by atoms with E-state index in [2.05, 4.69) is 52.7 Å². The lowest BCUT2D eigenvalue weighted by Crippen LogP contribution is -2.82. The van der Waals surface area contributed by atoms with E-state index in [-0.39, 0.29) is 136 Å². The van der Waals surface area contributed by atoms with Crippen molar-refractivity contribution >= 4 is 140 Å². The molecule has 28 heteroatoms. The Bertz CT molecular complexity index is 3210. The second-order valence-corrected chi connectivity index (χ2v) is 30.9. The van der Waals surface area contributed by atoms with Crippen LogP contribution in [0.25, 0.3) is 0 Å². The fourth-order valence-electron chi connectivity index (χ4n) is 15.2. The molecular weight excluding hydrogens is 1450 g/mol. The lowest BCUT2D eigenvalue weighted by Gasteiger charge is -2.70. The molecule has 10 N–H and O–H groups in total. The van der Waals surface area contributed by atoms with Crippen LogP contribution in [0.5, 0.6) is 23.0 Å². The summed E-state index contributed by atoms with van der Waals surface area (Å²) in [5, 5.41) is 20.5. The highest BCUT2D eigenvalue weighted by Gasteiger charge is 2.70. The Labute approximate surface area is 627 Å². The zero-order chi connectivity index (χ0) is 72.1. The summed E-state index contributed by atoms with van der Waals surface area (Å²) in [5.41, 5.74) is 11.0. The highest BCUT2D eigenvalue weighted by atomic mass is 35.5. The molecule has 0 spiro atoms. The second-order valence-electron chi connectivity index (χ2n) is 28.2. The van der Waals surface area contributed by atoms with Gasteiger partial charge in [-0.2, -0.15) is 0 Å². The number of hydrogen-bond acceptors (Lipinski definition) is 16. The molecule has 0 saturated heterocycles. The van der Waals surface area contributed by atoms with Crippen molar-refractivity contribution in [3.63, 3.8) is 0 Å². The summed E-state index contributed by atoms with van der Waals surface area (Å²) in [4.78, 5) is 92.6. The van der Waals surface area contributed by atoms with Crippen molar-refractivity contribution in [2.75, 3.05) is 70.9 Å². The number of rotatable bonds is 33. The van der Waals surface area contributed by atoms with Gasteiger partial charge in [-0.15, -0.1) is 35.6 Å². The number of Topliss-reactive ketones (excluding diaryl/α,β-unsaturated/α-hetero) is 3. The molecule has 12 aliphatic rings. The highest BCUT2D eigenvalue weighted by Crippen LogP contribution is 2.70.